The van der Waals surface area contributed by atoms with Crippen LogP contribution in [-0.2, 0) is 11.8 Å². The van der Waals surface area contributed by atoms with Crippen LogP contribution >= 0.6 is 0 Å². The van der Waals surface area contributed by atoms with Crippen LogP contribution in [0.1, 0.15) is 80.4 Å². The molecule has 3 saturated heterocycles. The van der Waals surface area contributed by atoms with Crippen molar-refractivity contribution in [2.75, 3.05) is 56.5 Å². The van der Waals surface area contributed by atoms with Gasteiger partial charge in [0.2, 0.25) is 0 Å². The monoisotopic (exact) mass is 573 g/mol. The highest BCUT2D eigenvalue weighted by molar-refractivity contribution is 5.99. The van der Waals surface area contributed by atoms with E-state index < -0.39 is 5.91 Å². The van der Waals surface area contributed by atoms with E-state index in [9.17, 15) is 9.59 Å². The molecule has 1 atom stereocenters. The summed E-state index contributed by atoms with van der Waals surface area (Å²) in [4.78, 5) is 38.9. The van der Waals surface area contributed by atoms with Crippen LogP contribution < -0.4 is 16.0 Å². The molecule has 0 spiro atoms. The number of hydrogen-bond donors (Lipinski definition) is 2. The molecule has 0 bridgehead atoms. The van der Waals surface area contributed by atoms with E-state index in [1.54, 1.807) is 6.20 Å². The van der Waals surface area contributed by atoms with E-state index in [2.05, 4.69) is 58.2 Å². The van der Waals surface area contributed by atoms with Crippen molar-refractivity contribution in [2.45, 2.75) is 82.7 Å². The number of primary amides is 1. The topological polar surface area (TPSA) is 98.0 Å². The molecule has 4 aliphatic rings. The number of pyridine rings is 1. The van der Waals surface area contributed by atoms with Gasteiger partial charge < -0.3 is 30.7 Å². The summed E-state index contributed by atoms with van der Waals surface area (Å²) in [6, 6.07) is 9.85. The van der Waals surface area contributed by atoms with Crippen LogP contribution in [0.5, 0.6) is 0 Å². The Morgan fingerprint density at radius 2 is 1.76 bits per heavy atom. The van der Waals surface area contributed by atoms with Gasteiger partial charge in [-0.25, -0.2) is 9.78 Å². The number of benzene rings is 1. The fourth-order valence-electron chi connectivity index (χ4n) is 7.36. The van der Waals surface area contributed by atoms with Crippen molar-refractivity contribution in [3.05, 3.63) is 47.3 Å². The zero-order valence-corrected chi connectivity index (χ0v) is 25.6. The third-order valence-corrected chi connectivity index (χ3v) is 10.2. The van der Waals surface area contributed by atoms with Gasteiger partial charge in [-0.15, -0.1) is 0 Å². The van der Waals surface area contributed by atoms with Crippen LogP contribution in [0, 0.1) is 0 Å². The lowest BCUT2D eigenvalue weighted by molar-refractivity contribution is 0.0996. The summed E-state index contributed by atoms with van der Waals surface area (Å²) in [5, 5.41) is 3.54. The minimum Gasteiger partial charge on any atom is -0.368 e. The third-order valence-electron chi connectivity index (χ3n) is 10.2. The number of likely N-dealkylation sites (tertiary alicyclic amines) is 1. The summed E-state index contributed by atoms with van der Waals surface area (Å²) in [5.41, 5.74) is 11.3. The fraction of sp³-hybridized carbons (Fsp3) is 0.606. The van der Waals surface area contributed by atoms with Crippen LogP contribution in [0.4, 0.5) is 21.9 Å². The Bertz CT molecular complexity index is 1300. The molecule has 42 heavy (non-hydrogen) atoms. The number of aromatic nitrogens is 1. The Balaban J connectivity index is 1.22. The highest BCUT2D eigenvalue weighted by atomic mass is 16.2. The van der Waals surface area contributed by atoms with E-state index in [4.69, 9.17) is 5.73 Å². The Morgan fingerprint density at radius 1 is 1.02 bits per heavy atom. The van der Waals surface area contributed by atoms with Crippen molar-refractivity contribution in [3.63, 3.8) is 0 Å². The normalized spacial score (nSPS) is 23.3. The number of piperidine rings is 2. The molecule has 3 amide bonds. The molecule has 4 heterocycles. The van der Waals surface area contributed by atoms with E-state index in [1.165, 1.54) is 44.3 Å². The molecule has 1 aromatic carbocycles. The quantitative estimate of drug-likeness (QED) is 0.474. The molecule has 9 heteroatoms. The molecule has 3 aliphatic heterocycles. The van der Waals surface area contributed by atoms with Crippen molar-refractivity contribution in [3.8, 4) is 0 Å². The average Bonchev–Trinajstić information content (AvgIpc) is 3.85. The maximum absolute atomic E-state index is 12.9. The second-order valence-electron chi connectivity index (χ2n) is 13.1. The zero-order chi connectivity index (χ0) is 29.4. The Kier molecular flexibility index (Phi) is 8.05. The predicted octanol–water partition coefficient (Wildman–Crippen LogP) is 4.73. The molecule has 2 aromatic rings. The molecule has 3 N–H and O–H groups in total. The molecular formula is C33H47N7O2. The first kappa shape index (κ1) is 28.8. The Labute approximate surface area is 250 Å². The predicted molar refractivity (Wildman–Crippen MR) is 168 cm³/mol. The minimum atomic E-state index is -0.538. The van der Waals surface area contributed by atoms with Crippen molar-refractivity contribution in [2.24, 2.45) is 5.73 Å². The molecule has 1 aromatic heterocycles. The minimum absolute atomic E-state index is 0.124. The maximum Gasteiger partial charge on any atom is 0.320 e. The molecule has 1 aliphatic carbocycles. The van der Waals surface area contributed by atoms with Gasteiger partial charge in [0.15, 0.2) is 5.69 Å². The summed E-state index contributed by atoms with van der Waals surface area (Å²) >= 11 is 0. The van der Waals surface area contributed by atoms with Crippen molar-refractivity contribution in [1.29, 1.82) is 0 Å². The van der Waals surface area contributed by atoms with Crippen molar-refractivity contribution < 1.29 is 9.59 Å². The van der Waals surface area contributed by atoms with E-state index in [1.807, 2.05) is 16.8 Å². The maximum atomic E-state index is 12.9. The summed E-state index contributed by atoms with van der Waals surface area (Å²) in [5.74, 6) is -0.538. The van der Waals surface area contributed by atoms with Crippen LogP contribution in [0.2, 0.25) is 0 Å². The molecule has 0 radical (unpaired) electrons. The van der Waals surface area contributed by atoms with Gasteiger partial charge in [-0.05, 0) is 87.6 Å². The molecule has 1 unspecified atom stereocenters. The van der Waals surface area contributed by atoms with Crippen LogP contribution in [0.3, 0.4) is 0 Å². The SMILES string of the molecule is CCc1c(N2CCCC(N3CCCN(C)C3=O)C2)cnc(C(N)=O)c1Nc1ccc(C2(C)CCN(C3CC3)CC2)cc1. The molecule has 6 rings (SSSR count). The van der Waals surface area contributed by atoms with E-state index >= 15 is 0 Å². The fourth-order valence-corrected chi connectivity index (χ4v) is 7.36. The molecule has 226 valence electrons. The van der Waals surface area contributed by atoms with E-state index in [-0.39, 0.29) is 23.2 Å². The molecule has 1 saturated carbocycles. The summed E-state index contributed by atoms with van der Waals surface area (Å²) < 4.78 is 0. The molecule has 4 fully saturated rings. The van der Waals surface area contributed by atoms with E-state index in [0.29, 0.717) is 5.69 Å². The third kappa shape index (κ3) is 5.68. The summed E-state index contributed by atoms with van der Waals surface area (Å²) in [6.45, 7) is 10.1. The van der Waals surface area contributed by atoms with Gasteiger partial charge in [-0.3, -0.25) is 4.79 Å². The Hall–Kier alpha value is -3.33. The Morgan fingerprint density at radius 3 is 2.43 bits per heavy atom. The lowest BCUT2D eigenvalue weighted by Crippen LogP contribution is -2.56. The number of carbonyl (C=O) groups is 2. The number of nitrogens with two attached hydrogens (primary N) is 1. The highest BCUT2D eigenvalue weighted by Crippen LogP contribution is 2.40. The van der Waals surface area contributed by atoms with Gasteiger partial charge in [-0.1, -0.05) is 26.0 Å². The number of hydrogen-bond acceptors (Lipinski definition) is 6. The first-order valence-corrected chi connectivity index (χ1v) is 16.0. The van der Waals surface area contributed by atoms with Crippen LogP contribution in [0.15, 0.2) is 30.5 Å². The summed E-state index contributed by atoms with van der Waals surface area (Å²) in [6.07, 6.45) is 10.6. The van der Waals surface area contributed by atoms with Crippen molar-refractivity contribution >= 4 is 29.0 Å². The largest absolute Gasteiger partial charge is 0.368 e. The molecule has 9 nitrogen and oxygen atoms in total. The van der Waals surface area contributed by atoms with Crippen molar-refractivity contribution in [1.82, 2.24) is 19.7 Å². The summed E-state index contributed by atoms with van der Waals surface area (Å²) in [7, 11) is 1.89. The number of rotatable bonds is 8. The van der Waals surface area contributed by atoms with Gasteiger partial charge in [0.1, 0.15) is 0 Å². The number of carbonyl (C=O) groups excluding carboxylic acids is 2. The van der Waals surface area contributed by atoms with Gasteiger partial charge in [0.05, 0.1) is 23.6 Å². The van der Waals surface area contributed by atoms with Crippen LogP contribution in [-0.4, -0.2) is 90.0 Å². The lowest BCUT2D eigenvalue weighted by atomic mass is 9.74. The molecular weight excluding hydrogens is 526 g/mol. The van der Waals surface area contributed by atoms with Gasteiger partial charge in [-0.2, -0.15) is 0 Å². The highest BCUT2D eigenvalue weighted by Gasteiger charge is 2.37. The van der Waals surface area contributed by atoms with Crippen LogP contribution in [0.25, 0.3) is 0 Å². The zero-order valence-electron chi connectivity index (χ0n) is 25.6. The average molecular weight is 574 g/mol. The smallest absolute Gasteiger partial charge is 0.320 e. The first-order chi connectivity index (χ1) is 20.3. The van der Waals surface area contributed by atoms with Gasteiger partial charge in [0.25, 0.3) is 5.91 Å². The number of nitrogens with one attached hydrogen (secondary N) is 1. The standard InChI is InChI=1S/C33H47N7O2/c1-4-27-28(39-17-5-7-26(22-39)40-18-6-16-37(3)32(40)42)21-35-30(31(34)41)29(27)36-24-10-8-23(9-11-24)33(2)14-19-38(20-15-33)25-12-13-25/h8-11,21,25-26,36H,4-7,12-20,22H2,1-3H3,(H2,34,41). The van der Waals surface area contributed by atoms with Gasteiger partial charge >= 0.3 is 6.03 Å². The number of anilines is 3. The number of nitrogens with zero attached hydrogens (tertiary/aromatic N) is 5. The number of urea groups is 1. The second-order valence-corrected chi connectivity index (χ2v) is 13.1. The van der Waals surface area contributed by atoms with Gasteiger partial charge in [0, 0.05) is 50.5 Å². The number of amides is 3. The van der Waals surface area contributed by atoms with E-state index in [0.717, 1.165) is 74.8 Å². The first-order valence-electron chi connectivity index (χ1n) is 16.0. The lowest BCUT2D eigenvalue weighted by Gasteiger charge is -2.44. The second kappa shape index (κ2) is 11.7.